The number of amides is 1. The van der Waals surface area contributed by atoms with Crippen LogP contribution < -0.4 is 5.48 Å². The number of carbonyl (C=O) groups is 1. The number of hydrogen-bond donors (Lipinski definition) is 1. The van der Waals surface area contributed by atoms with E-state index in [1.54, 1.807) is 12.1 Å². The third-order valence-electron chi connectivity index (χ3n) is 2.31. The van der Waals surface area contributed by atoms with Crippen molar-refractivity contribution in [2.45, 2.75) is 26.2 Å². The third-order valence-corrected chi connectivity index (χ3v) is 2.55. The van der Waals surface area contributed by atoms with E-state index < -0.39 is 0 Å². The van der Waals surface area contributed by atoms with Crippen LogP contribution in [0.3, 0.4) is 0 Å². The lowest BCUT2D eigenvalue weighted by Crippen LogP contribution is -2.23. The summed E-state index contributed by atoms with van der Waals surface area (Å²) in [6.07, 6.45) is 3.02. The lowest BCUT2D eigenvalue weighted by Gasteiger charge is -2.09. The van der Waals surface area contributed by atoms with Gasteiger partial charge in [-0.05, 0) is 30.5 Å². The average molecular weight is 242 g/mol. The van der Waals surface area contributed by atoms with Gasteiger partial charge in [0.2, 0.25) is 0 Å². The van der Waals surface area contributed by atoms with Gasteiger partial charge in [-0.15, -0.1) is 0 Å². The number of unbranched alkanes of at least 4 members (excludes halogenated alkanes) is 1. The number of halogens is 1. The molecule has 3 nitrogen and oxygen atoms in total. The molecule has 0 atom stereocenters. The normalized spacial score (nSPS) is 10.2. The summed E-state index contributed by atoms with van der Waals surface area (Å²) in [4.78, 5) is 16.3. The summed E-state index contributed by atoms with van der Waals surface area (Å²) >= 11 is 5.87. The van der Waals surface area contributed by atoms with Gasteiger partial charge in [0, 0.05) is 10.6 Å². The molecule has 0 bridgehead atoms. The van der Waals surface area contributed by atoms with Gasteiger partial charge in [-0.1, -0.05) is 31.0 Å². The molecule has 88 valence electrons. The molecule has 0 unspecified atom stereocenters. The molecule has 0 saturated heterocycles. The van der Waals surface area contributed by atoms with Crippen molar-refractivity contribution in [1.82, 2.24) is 5.48 Å². The zero-order valence-electron chi connectivity index (χ0n) is 9.55. The van der Waals surface area contributed by atoms with E-state index in [1.165, 1.54) is 7.11 Å². The van der Waals surface area contributed by atoms with E-state index in [-0.39, 0.29) is 5.91 Å². The molecular formula is C12H16ClNO2. The van der Waals surface area contributed by atoms with Crippen molar-refractivity contribution in [3.8, 4) is 0 Å². The van der Waals surface area contributed by atoms with Crippen LogP contribution >= 0.6 is 11.6 Å². The fourth-order valence-corrected chi connectivity index (χ4v) is 1.67. The summed E-state index contributed by atoms with van der Waals surface area (Å²) < 4.78 is 0. The summed E-state index contributed by atoms with van der Waals surface area (Å²) in [5.74, 6) is -0.254. The standard InChI is InChI=1S/C12H16ClNO2/c1-3-4-5-9-6-7-10(13)8-11(9)12(15)14-16-2/h6-8H,3-5H2,1-2H3,(H,14,15). The average Bonchev–Trinajstić information content (AvgIpc) is 2.27. The first kappa shape index (κ1) is 13.0. The van der Waals surface area contributed by atoms with Crippen molar-refractivity contribution in [2.24, 2.45) is 0 Å². The Morgan fingerprint density at radius 2 is 2.25 bits per heavy atom. The molecule has 4 heteroatoms. The van der Waals surface area contributed by atoms with Crippen molar-refractivity contribution in [1.29, 1.82) is 0 Å². The van der Waals surface area contributed by atoms with Crippen LogP contribution in [-0.2, 0) is 11.3 Å². The molecule has 1 aromatic rings. The minimum Gasteiger partial charge on any atom is -0.277 e. The summed E-state index contributed by atoms with van der Waals surface area (Å²) in [6, 6.07) is 5.36. The highest BCUT2D eigenvalue weighted by Gasteiger charge is 2.11. The Morgan fingerprint density at radius 1 is 1.50 bits per heavy atom. The summed E-state index contributed by atoms with van der Waals surface area (Å²) in [6.45, 7) is 2.12. The van der Waals surface area contributed by atoms with Gasteiger partial charge in [-0.2, -0.15) is 0 Å². The number of hydrogen-bond acceptors (Lipinski definition) is 2. The van der Waals surface area contributed by atoms with E-state index in [0.29, 0.717) is 10.6 Å². The van der Waals surface area contributed by atoms with Crippen LogP contribution in [0.2, 0.25) is 5.02 Å². The van der Waals surface area contributed by atoms with Gasteiger partial charge in [-0.25, -0.2) is 5.48 Å². The van der Waals surface area contributed by atoms with Crippen LogP contribution in [0.25, 0.3) is 0 Å². The number of hydroxylamine groups is 1. The minimum atomic E-state index is -0.254. The topological polar surface area (TPSA) is 38.3 Å². The molecule has 1 rings (SSSR count). The Kier molecular flexibility index (Phi) is 5.29. The molecule has 0 heterocycles. The zero-order valence-corrected chi connectivity index (χ0v) is 10.3. The minimum absolute atomic E-state index is 0.254. The highest BCUT2D eigenvalue weighted by Crippen LogP contribution is 2.18. The second kappa shape index (κ2) is 6.51. The highest BCUT2D eigenvalue weighted by molar-refractivity contribution is 6.31. The van der Waals surface area contributed by atoms with Crippen molar-refractivity contribution in [2.75, 3.05) is 7.11 Å². The van der Waals surface area contributed by atoms with Gasteiger partial charge in [0.15, 0.2) is 0 Å². The Labute approximate surface area is 101 Å². The molecule has 0 aliphatic carbocycles. The first-order valence-electron chi connectivity index (χ1n) is 5.30. The summed E-state index contributed by atoms with van der Waals surface area (Å²) in [7, 11) is 1.41. The molecule has 1 aromatic carbocycles. The third kappa shape index (κ3) is 3.51. The van der Waals surface area contributed by atoms with Gasteiger partial charge in [0.1, 0.15) is 0 Å². The van der Waals surface area contributed by atoms with Crippen molar-refractivity contribution >= 4 is 17.5 Å². The Hall–Kier alpha value is -1.06. The molecule has 1 amide bonds. The van der Waals surface area contributed by atoms with Crippen molar-refractivity contribution in [3.63, 3.8) is 0 Å². The maximum absolute atomic E-state index is 11.7. The largest absolute Gasteiger partial charge is 0.277 e. The lowest BCUT2D eigenvalue weighted by molar-refractivity contribution is 0.0536. The van der Waals surface area contributed by atoms with Gasteiger partial charge in [0.05, 0.1) is 7.11 Å². The number of benzene rings is 1. The van der Waals surface area contributed by atoms with Crippen LogP contribution in [0.4, 0.5) is 0 Å². The smallest absolute Gasteiger partial charge is 0.275 e. The van der Waals surface area contributed by atoms with Gasteiger partial charge in [0.25, 0.3) is 5.91 Å². The van der Waals surface area contributed by atoms with Crippen LogP contribution in [0.15, 0.2) is 18.2 Å². The van der Waals surface area contributed by atoms with Gasteiger partial charge < -0.3 is 0 Å². The molecule has 0 aliphatic rings. The van der Waals surface area contributed by atoms with Crippen molar-refractivity contribution in [3.05, 3.63) is 34.3 Å². The Morgan fingerprint density at radius 3 is 2.88 bits per heavy atom. The van der Waals surface area contributed by atoms with E-state index in [9.17, 15) is 4.79 Å². The predicted molar refractivity (Wildman–Crippen MR) is 64.5 cm³/mol. The number of aryl methyl sites for hydroxylation is 1. The molecule has 0 aliphatic heterocycles. The monoisotopic (exact) mass is 241 g/mol. The van der Waals surface area contributed by atoms with E-state index in [0.717, 1.165) is 24.8 Å². The van der Waals surface area contributed by atoms with E-state index >= 15 is 0 Å². The predicted octanol–water partition coefficient (Wildman–Crippen LogP) is 2.97. The lowest BCUT2D eigenvalue weighted by atomic mass is 10.0. The number of rotatable bonds is 5. The maximum Gasteiger partial charge on any atom is 0.275 e. The van der Waals surface area contributed by atoms with Gasteiger partial charge in [-0.3, -0.25) is 9.63 Å². The number of nitrogens with one attached hydrogen (secondary N) is 1. The van der Waals surface area contributed by atoms with Crippen molar-refractivity contribution < 1.29 is 9.63 Å². The fraction of sp³-hybridized carbons (Fsp3) is 0.417. The Balaban J connectivity index is 2.93. The van der Waals surface area contributed by atoms with Gasteiger partial charge >= 0.3 is 0 Å². The summed E-state index contributed by atoms with van der Waals surface area (Å²) in [5.41, 5.74) is 3.89. The SMILES string of the molecule is CCCCc1ccc(Cl)cc1C(=O)NOC. The maximum atomic E-state index is 11.7. The first-order chi connectivity index (χ1) is 7.69. The van der Waals surface area contributed by atoms with E-state index in [1.807, 2.05) is 6.07 Å². The molecule has 0 fully saturated rings. The van der Waals surface area contributed by atoms with Crippen LogP contribution in [0, 0.1) is 0 Å². The quantitative estimate of drug-likeness (QED) is 0.805. The molecule has 0 spiro atoms. The first-order valence-corrected chi connectivity index (χ1v) is 5.68. The van der Waals surface area contributed by atoms with Crippen LogP contribution in [0.1, 0.15) is 35.7 Å². The Bertz CT molecular complexity index is 366. The molecule has 1 N–H and O–H groups in total. The molecule has 0 radical (unpaired) electrons. The van der Waals surface area contributed by atoms with E-state index in [4.69, 9.17) is 11.6 Å². The summed E-state index contributed by atoms with van der Waals surface area (Å²) in [5, 5.41) is 0.557. The van der Waals surface area contributed by atoms with Crippen LogP contribution in [-0.4, -0.2) is 13.0 Å². The molecular weight excluding hydrogens is 226 g/mol. The highest BCUT2D eigenvalue weighted by atomic mass is 35.5. The molecule has 0 saturated carbocycles. The molecule has 16 heavy (non-hydrogen) atoms. The second-order valence-corrected chi connectivity index (χ2v) is 3.98. The number of carbonyl (C=O) groups excluding carboxylic acids is 1. The van der Waals surface area contributed by atoms with E-state index in [2.05, 4.69) is 17.2 Å². The fourth-order valence-electron chi connectivity index (χ4n) is 1.49. The zero-order chi connectivity index (χ0) is 12.0. The van der Waals surface area contributed by atoms with Crippen LogP contribution in [0.5, 0.6) is 0 Å². The molecule has 0 aromatic heterocycles. The second-order valence-electron chi connectivity index (χ2n) is 3.54.